The quantitative estimate of drug-likeness (QED) is 0.859. The number of imidazole rings is 1. The average Bonchev–Trinajstić information content (AvgIpc) is 2.99. The van der Waals surface area contributed by atoms with Gasteiger partial charge < -0.3 is 9.52 Å². The second-order valence-electron chi connectivity index (χ2n) is 3.79. The van der Waals surface area contributed by atoms with Gasteiger partial charge in [-0.1, -0.05) is 0 Å². The van der Waals surface area contributed by atoms with Crippen molar-refractivity contribution in [1.29, 1.82) is 0 Å². The molecule has 0 bridgehead atoms. The van der Waals surface area contributed by atoms with E-state index in [0.717, 1.165) is 8.28 Å². The highest BCUT2D eigenvalue weighted by molar-refractivity contribution is 7.87. The fourth-order valence-electron chi connectivity index (χ4n) is 1.44. The Labute approximate surface area is 104 Å². The van der Waals surface area contributed by atoms with Gasteiger partial charge in [-0.3, -0.25) is 0 Å². The van der Waals surface area contributed by atoms with Gasteiger partial charge in [0.2, 0.25) is 0 Å². The van der Waals surface area contributed by atoms with Crippen LogP contribution in [-0.4, -0.2) is 40.9 Å². The normalized spacial score (nSPS) is 14.0. The van der Waals surface area contributed by atoms with Crippen LogP contribution >= 0.6 is 0 Å². The molecule has 2 rings (SSSR count). The predicted molar refractivity (Wildman–Crippen MR) is 63.0 cm³/mol. The summed E-state index contributed by atoms with van der Waals surface area (Å²) in [5, 5.41) is 10.0. The molecule has 0 spiro atoms. The van der Waals surface area contributed by atoms with Gasteiger partial charge >= 0.3 is 10.2 Å². The minimum atomic E-state index is -3.71. The van der Waals surface area contributed by atoms with E-state index in [1.807, 2.05) is 0 Å². The number of nitrogens with zero attached hydrogens (tertiary/aromatic N) is 3. The number of aliphatic hydroxyl groups excluding tert-OH is 1. The van der Waals surface area contributed by atoms with E-state index >= 15 is 0 Å². The molecule has 18 heavy (non-hydrogen) atoms. The zero-order valence-corrected chi connectivity index (χ0v) is 10.7. The first-order chi connectivity index (χ1) is 8.44. The van der Waals surface area contributed by atoms with E-state index in [2.05, 4.69) is 4.98 Å². The minimum absolute atomic E-state index is 0.0151. The topological polar surface area (TPSA) is 88.6 Å². The van der Waals surface area contributed by atoms with Crippen LogP contribution in [0.4, 0.5) is 0 Å². The summed E-state index contributed by atoms with van der Waals surface area (Å²) in [6.07, 6.45) is 2.75. The number of aromatic nitrogens is 2. The molecule has 98 valence electrons. The maximum absolute atomic E-state index is 12.0. The van der Waals surface area contributed by atoms with Crippen molar-refractivity contribution in [3.63, 3.8) is 0 Å². The summed E-state index contributed by atoms with van der Waals surface area (Å²) in [4.78, 5) is 3.87. The lowest BCUT2D eigenvalue weighted by Crippen LogP contribution is -2.30. The third-order valence-electron chi connectivity index (χ3n) is 2.40. The summed E-state index contributed by atoms with van der Waals surface area (Å²) in [6, 6.07) is 3.15. The SMILES string of the molecule is CN(C)S(=O)(=O)n1ccnc1C(O)c1ccco1. The van der Waals surface area contributed by atoms with Crippen molar-refractivity contribution in [1.82, 2.24) is 13.3 Å². The fraction of sp³-hybridized carbons (Fsp3) is 0.300. The zero-order chi connectivity index (χ0) is 13.3. The molecule has 0 fully saturated rings. The van der Waals surface area contributed by atoms with Crippen LogP contribution in [0.2, 0.25) is 0 Å². The molecule has 0 saturated carbocycles. The molecule has 0 aliphatic carbocycles. The van der Waals surface area contributed by atoms with Crippen LogP contribution in [0.15, 0.2) is 35.2 Å². The Morgan fingerprint density at radius 2 is 2.22 bits per heavy atom. The zero-order valence-electron chi connectivity index (χ0n) is 9.89. The molecular formula is C10H13N3O4S. The highest BCUT2D eigenvalue weighted by Gasteiger charge is 2.26. The van der Waals surface area contributed by atoms with Crippen LogP contribution in [-0.2, 0) is 10.2 Å². The molecule has 2 aromatic rings. The molecule has 1 unspecified atom stereocenters. The third kappa shape index (κ3) is 2.05. The molecule has 8 heteroatoms. The molecule has 2 heterocycles. The van der Waals surface area contributed by atoms with Gasteiger partial charge in [-0.2, -0.15) is 12.7 Å². The van der Waals surface area contributed by atoms with Crippen molar-refractivity contribution < 1.29 is 17.9 Å². The van der Waals surface area contributed by atoms with E-state index in [-0.39, 0.29) is 11.6 Å². The van der Waals surface area contributed by atoms with Crippen molar-refractivity contribution in [3.8, 4) is 0 Å². The van der Waals surface area contributed by atoms with Crippen molar-refractivity contribution in [3.05, 3.63) is 42.4 Å². The van der Waals surface area contributed by atoms with E-state index in [0.29, 0.717) is 0 Å². The lowest BCUT2D eigenvalue weighted by atomic mass is 10.2. The number of hydrogen-bond acceptors (Lipinski definition) is 5. The number of hydrogen-bond donors (Lipinski definition) is 1. The molecule has 1 atom stereocenters. The highest BCUT2D eigenvalue weighted by Crippen LogP contribution is 2.22. The minimum Gasteiger partial charge on any atom is -0.466 e. The monoisotopic (exact) mass is 271 g/mol. The summed E-state index contributed by atoms with van der Waals surface area (Å²) >= 11 is 0. The smallest absolute Gasteiger partial charge is 0.308 e. The van der Waals surface area contributed by atoms with Gasteiger partial charge in [-0.15, -0.1) is 0 Å². The Balaban J connectivity index is 2.46. The van der Waals surface area contributed by atoms with Crippen molar-refractivity contribution in [2.75, 3.05) is 14.1 Å². The highest BCUT2D eigenvalue weighted by atomic mass is 32.2. The van der Waals surface area contributed by atoms with Crippen molar-refractivity contribution >= 4 is 10.2 Å². The molecule has 0 aromatic carbocycles. The Bertz CT molecular complexity index is 615. The van der Waals surface area contributed by atoms with Gasteiger partial charge in [0.05, 0.1) is 6.26 Å². The molecular weight excluding hydrogens is 258 g/mol. The second-order valence-corrected chi connectivity index (χ2v) is 5.81. The van der Waals surface area contributed by atoms with Crippen LogP contribution in [0, 0.1) is 0 Å². The Morgan fingerprint density at radius 1 is 1.50 bits per heavy atom. The summed E-state index contributed by atoms with van der Waals surface area (Å²) < 4.78 is 31.0. The van der Waals surface area contributed by atoms with Crippen LogP contribution in [0.5, 0.6) is 0 Å². The second kappa shape index (κ2) is 4.56. The van der Waals surface area contributed by atoms with Crippen LogP contribution in [0.1, 0.15) is 17.7 Å². The van der Waals surface area contributed by atoms with Gasteiger partial charge in [0, 0.05) is 26.5 Å². The maximum atomic E-state index is 12.0. The summed E-state index contributed by atoms with van der Waals surface area (Å²) in [6.45, 7) is 0. The largest absolute Gasteiger partial charge is 0.466 e. The first-order valence-electron chi connectivity index (χ1n) is 5.12. The molecule has 0 aliphatic rings. The summed E-state index contributed by atoms with van der Waals surface area (Å²) in [7, 11) is -0.912. The lowest BCUT2D eigenvalue weighted by molar-refractivity contribution is 0.179. The van der Waals surface area contributed by atoms with Gasteiger partial charge in [0.25, 0.3) is 0 Å². The molecule has 7 nitrogen and oxygen atoms in total. The van der Waals surface area contributed by atoms with E-state index in [4.69, 9.17) is 4.42 Å². The van der Waals surface area contributed by atoms with Crippen LogP contribution < -0.4 is 0 Å². The van der Waals surface area contributed by atoms with Gasteiger partial charge in [-0.25, -0.2) is 8.96 Å². The standard InChI is InChI=1S/C10H13N3O4S/c1-12(2)18(15,16)13-6-5-11-10(13)9(14)8-4-3-7-17-8/h3-7,9,14H,1-2H3. The Morgan fingerprint density at radius 3 is 2.78 bits per heavy atom. The number of rotatable bonds is 4. The lowest BCUT2D eigenvalue weighted by Gasteiger charge is -2.15. The Kier molecular flexibility index (Phi) is 3.24. The summed E-state index contributed by atoms with van der Waals surface area (Å²) in [5.74, 6) is 0.218. The van der Waals surface area contributed by atoms with E-state index in [1.165, 1.54) is 32.8 Å². The molecule has 1 N–H and O–H groups in total. The van der Waals surface area contributed by atoms with Crippen molar-refractivity contribution in [2.45, 2.75) is 6.10 Å². The van der Waals surface area contributed by atoms with Gasteiger partial charge in [0.1, 0.15) is 5.76 Å². The molecule has 0 aliphatic heterocycles. The first kappa shape index (κ1) is 12.8. The maximum Gasteiger partial charge on any atom is 0.308 e. The summed E-state index contributed by atoms with van der Waals surface area (Å²) in [5.41, 5.74) is 0. The van der Waals surface area contributed by atoms with E-state index in [1.54, 1.807) is 12.1 Å². The van der Waals surface area contributed by atoms with Crippen LogP contribution in [0.3, 0.4) is 0 Å². The third-order valence-corrected chi connectivity index (χ3v) is 4.13. The predicted octanol–water partition coefficient (Wildman–Crippen LogP) is 0.212. The average molecular weight is 271 g/mol. The number of aliphatic hydroxyl groups is 1. The van der Waals surface area contributed by atoms with Gasteiger partial charge in [-0.05, 0) is 12.1 Å². The van der Waals surface area contributed by atoms with E-state index in [9.17, 15) is 13.5 Å². The molecule has 0 amide bonds. The molecule has 0 saturated heterocycles. The number of furan rings is 1. The molecule has 0 radical (unpaired) electrons. The van der Waals surface area contributed by atoms with E-state index < -0.39 is 16.3 Å². The Hall–Kier alpha value is -1.64. The first-order valence-corrected chi connectivity index (χ1v) is 6.52. The van der Waals surface area contributed by atoms with Gasteiger partial charge in [0.15, 0.2) is 11.9 Å². The molecule has 2 aromatic heterocycles. The fourth-order valence-corrected chi connectivity index (χ4v) is 2.38. The van der Waals surface area contributed by atoms with Crippen molar-refractivity contribution in [2.24, 2.45) is 0 Å². The van der Waals surface area contributed by atoms with Crippen LogP contribution in [0.25, 0.3) is 0 Å².